The molecule has 0 bridgehead atoms. The normalized spacial score (nSPS) is 11.0. The van der Waals surface area contributed by atoms with E-state index < -0.39 is 5.97 Å². The minimum Gasteiger partial charge on any atom is -0.481 e. The lowest BCUT2D eigenvalue weighted by Gasteiger charge is -2.04. The maximum atomic E-state index is 10.7. The highest BCUT2D eigenvalue weighted by molar-refractivity contribution is 7.99. The Balaban J connectivity index is 2.01. The number of aromatic nitrogens is 4. The van der Waals surface area contributed by atoms with Gasteiger partial charge in [0.25, 0.3) is 0 Å². The van der Waals surface area contributed by atoms with E-state index in [9.17, 15) is 4.79 Å². The second kappa shape index (κ2) is 5.33. The molecule has 3 aromatic rings. The molecular formula is C12H10N4O3S. The number of hydrogen-bond acceptors (Lipinski definition) is 6. The number of imidazole rings is 1. The summed E-state index contributed by atoms with van der Waals surface area (Å²) in [4.78, 5) is 19.4. The van der Waals surface area contributed by atoms with Gasteiger partial charge in [-0.2, -0.15) is 0 Å². The van der Waals surface area contributed by atoms with Gasteiger partial charge in [0.15, 0.2) is 10.8 Å². The van der Waals surface area contributed by atoms with Crippen molar-refractivity contribution in [3.8, 4) is 0 Å². The van der Waals surface area contributed by atoms with Gasteiger partial charge >= 0.3 is 5.97 Å². The Hall–Kier alpha value is -2.35. The van der Waals surface area contributed by atoms with Crippen LogP contribution in [0.5, 0.6) is 0 Å². The SMILES string of the molecule is O=C(O)CSc1nc2cccnc2n1Cc1ccon1. The second-order valence-corrected chi connectivity index (χ2v) is 4.94. The molecule has 0 unspecified atom stereocenters. The fourth-order valence-electron chi connectivity index (χ4n) is 1.80. The lowest BCUT2D eigenvalue weighted by atomic mass is 10.4. The Bertz CT molecular complexity index is 738. The molecule has 0 saturated heterocycles. The van der Waals surface area contributed by atoms with Crippen LogP contribution < -0.4 is 0 Å². The first kappa shape index (κ1) is 12.7. The molecule has 8 heteroatoms. The van der Waals surface area contributed by atoms with Crippen molar-refractivity contribution in [2.75, 3.05) is 5.75 Å². The lowest BCUT2D eigenvalue weighted by Crippen LogP contribution is -2.05. The highest BCUT2D eigenvalue weighted by Crippen LogP contribution is 2.23. The second-order valence-electron chi connectivity index (χ2n) is 4.00. The highest BCUT2D eigenvalue weighted by atomic mass is 32.2. The van der Waals surface area contributed by atoms with Gasteiger partial charge in [-0.05, 0) is 12.1 Å². The van der Waals surface area contributed by atoms with Crippen molar-refractivity contribution >= 4 is 28.9 Å². The summed E-state index contributed by atoms with van der Waals surface area (Å²) in [6.45, 7) is 0.436. The number of carboxylic acids is 1. The van der Waals surface area contributed by atoms with Crippen molar-refractivity contribution < 1.29 is 14.4 Å². The summed E-state index contributed by atoms with van der Waals surface area (Å²) in [6, 6.07) is 5.38. The predicted octanol–water partition coefficient (Wildman–Crippen LogP) is 1.64. The highest BCUT2D eigenvalue weighted by Gasteiger charge is 2.14. The standard InChI is InChI=1S/C12H10N4O3S/c17-10(18)7-20-12-14-9-2-1-4-13-11(9)16(12)6-8-3-5-19-15-8/h1-5H,6-7H2,(H,17,18). The van der Waals surface area contributed by atoms with Gasteiger partial charge in [0.1, 0.15) is 17.5 Å². The molecule has 0 radical (unpaired) electrons. The molecule has 0 aliphatic carbocycles. The summed E-state index contributed by atoms with van der Waals surface area (Å²) >= 11 is 1.16. The first-order valence-corrected chi connectivity index (χ1v) is 6.77. The maximum Gasteiger partial charge on any atom is 0.313 e. The summed E-state index contributed by atoms with van der Waals surface area (Å²) in [7, 11) is 0. The molecule has 102 valence electrons. The molecule has 0 aliphatic heterocycles. The van der Waals surface area contributed by atoms with Crippen molar-refractivity contribution in [3.63, 3.8) is 0 Å². The van der Waals surface area contributed by atoms with Gasteiger partial charge < -0.3 is 9.63 Å². The van der Waals surface area contributed by atoms with Crippen LogP contribution in [0.1, 0.15) is 5.69 Å². The van der Waals surface area contributed by atoms with Crippen LogP contribution in [0.2, 0.25) is 0 Å². The summed E-state index contributed by atoms with van der Waals surface area (Å²) in [5.74, 6) is -0.940. The fourth-order valence-corrected chi connectivity index (χ4v) is 2.52. The van der Waals surface area contributed by atoms with Crippen LogP contribution in [-0.4, -0.2) is 36.5 Å². The lowest BCUT2D eigenvalue weighted by molar-refractivity contribution is -0.133. The zero-order valence-electron chi connectivity index (χ0n) is 10.3. The Morgan fingerprint density at radius 1 is 1.45 bits per heavy atom. The van der Waals surface area contributed by atoms with Crippen LogP contribution in [0.3, 0.4) is 0 Å². The first-order valence-electron chi connectivity index (χ1n) is 5.79. The molecule has 0 amide bonds. The number of pyridine rings is 1. The number of aliphatic carboxylic acids is 1. The average Bonchev–Trinajstić information content (AvgIpc) is 3.05. The van der Waals surface area contributed by atoms with E-state index in [2.05, 4.69) is 15.1 Å². The number of carbonyl (C=O) groups is 1. The number of fused-ring (bicyclic) bond motifs is 1. The van der Waals surface area contributed by atoms with Crippen molar-refractivity contribution in [3.05, 3.63) is 36.4 Å². The van der Waals surface area contributed by atoms with Gasteiger partial charge in [-0.1, -0.05) is 16.9 Å². The van der Waals surface area contributed by atoms with E-state index in [1.54, 1.807) is 18.3 Å². The Morgan fingerprint density at radius 2 is 2.35 bits per heavy atom. The molecule has 7 nitrogen and oxygen atoms in total. The predicted molar refractivity (Wildman–Crippen MR) is 71.5 cm³/mol. The Labute approximate surface area is 117 Å². The zero-order valence-corrected chi connectivity index (χ0v) is 11.1. The van der Waals surface area contributed by atoms with E-state index in [4.69, 9.17) is 9.63 Å². The number of nitrogens with zero attached hydrogens (tertiary/aromatic N) is 4. The minimum atomic E-state index is -0.886. The van der Waals surface area contributed by atoms with Crippen LogP contribution >= 0.6 is 11.8 Å². The van der Waals surface area contributed by atoms with Crippen molar-refractivity contribution in [1.29, 1.82) is 0 Å². The molecule has 0 saturated carbocycles. The molecule has 3 rings (SSSR count). The van der Waals surface area contributed by atoms with Gasteiger partial charge in [-0.15, -0.1) is 0 Å². The number of thioether (sulfide) groups is 1. The largest absolute Gasteiger partial charge is 0.481 e. The average molecular weight is 290 g/mol. The van der Waals surface area contributed by atoms with Crippen molar-refractivity contribution in [2.45, 2.75) is 11.7 Å². The number of rotatable bonds is 5. The fraction of sp³-hybridized carbons (Fsp3) is 0.167. The van der Waals surface area contributed by atoms with E-state index in [0.717, 1.165) is 23.0 Å². The minimum absolute atomic E-state index is 0.0534. The Kier molecular flexibility index (Phi) is 3.38. The summed E-state index contributed by atoms with van der Waals surface area (Å²) < 4.78 is 6.64. The molecule has 20 heavy (non-hydrogen) atoms. The monoisotopic (exact) mass is 290 g/mol. The third-order valence-corrected chi connectivity index (χ3v) is 3.57. The number of hydrogen-bond donors (Lipinski definition) is 1. The van der Waals surface area contributed by atoms with E-state index in [0.29, 0.717) is 17.3 Å². The van der Waals surface area contributed by atoms with Crippen LogP contribution in [0.4, 0.5) is 0 Å². The van der Waals surface area contributed by atoms with Gasteiger partial charge in [0, 0.05) is 12.3 Å². The van der Waals surface area contributed by atoms with E-state index >= 15 is 0 Å². The van der Waals surface area contributed by atoms with Gasteiger partial charge in [-0.25, -0.2) is 9.97 Å². The molecule has 0 atom stereocenters. The quantitative estimate of drug-likeness (QED) is 0.714. The van der Waals surface area contributed by atoms with Crippen molar-refractivity contribution in [1.82, 2.24) is 19.7 Å². The molecule has 0 spiro atoms. The first-order chi connectivity index (χ1) is 9.74. The summed E-state index contributed by atoms with van der Waals surface area (Å²) in [5.41, 5.74) is 2.15. The van der Waals surface area contributed by atoms with Crippen molar-refractivity contribution in [2.24, 2.45) is 0 Å². The third-order valence-electron chi connectivity index (χ3n) is 2.60. The molecular weight excluding hydrogens is 280 g/mol. The zero-order chi connectivity index (χ0) is 13.9. The van der Waals surface area contributed by atoms with Gasteiger partial charge in [0.2, 0.25) is 0 Å². The molecule has 1 N–H and O–H groups in total. The molecule has 0 fully saturated rings. The van der Waals surface area contributed by atoms with Crippen LogP contribution in [0, 0.1) is 0 Å². The Morgan fingerprint density at radius 3 is 3.10 bits per heavy atom. The summed E-state index contributed by atoms with van der Waals surface area (Å²) in [5, 5.41) is 13.3. The van der Waals surface area contributed by atoms with Gasteiger partial charge in [-0.3, -0.25) is 9.36 Å². The van der Waals surface area contributed by atoms with E-state index in [1.807, 2.05) is 10.6 Å². The summed E-state index contributed by atoms with van der Waals surface area (Å²) in [6.07, 6.45) is 3.17. The number of carboxylic acid groups (broad SMARTS) is 1. The van der Waals surface area contributed by atoms with Gasteiger partial charge in [0.05, 0.1) is 12.3 Å². The molecule has 3 aromatic heterocycles. The van der Waals surface area contributed by atoms with Crippen LogP contribution in [0.15, 0.2) is 40.3 Å². The third kappa shape index (κ3) is 2.50. The maximum absolute atomic E-state index is 10.7. The van der Waals surface area contributed by atoms with E-state index in [1.165, 1.54) is 6.26 Å². The van der Waals surface area contributed by atoms with Crippen LogP contribution in [0.25, 0.3) is 11.2 Å². The molecule has 0 aromatic carbocycles. The smallest absolute Gasteiger partial charge is 0.313 e. The molecule has 3 heterocycles. The molecule has 0 aliphatic rings. The topological polar surface area (TPSA) is 94.0 Å². The van der Waals surface area contributed by atoms with E-state index in [-0.39, 0.29) is 5.75 Å². The van der Waals surface area contributed by atoms with Crippen LogP contribution in [-0.2, 0) is 11.3 Å².